The molecule has 1 saturated heterocycles. The van der Waals surface area contributed by atoms with Gasteiger partial charge in [-0.3, -0.25) is 9.52 Å². The molecule has 2 N–H and O–H groups in total. The summed E-state index contributed by atoms with van der Waals surface area (Å²) in [5.41, 5.74) is 0.0985. The van der Waals surface area contributed by atoms with Crippen LogP contribution in [0.25, 0.3) is 22.0 Å². The van der Waals surface area contributed by atoms with E-state index in [0.29, 0.717) is 16.9 Å². The molecule has 230 valence electrons. The molecule has 1 fully saturated rings. The molecule has 3 aromatic carbocycles. The van der Waals surface area contributed by atoms with Gasteiger partial charge >= 0.3 is 5.97 Å². The summed E-state index contributed by atoms with van der Waals surface area (Å²) in [5.74, 6) is -2.19. The summed E-state index contributed by atoms with van der Waals surface area (Å²) in [6.45, 7) is 3.05. The minimum atomic E-state index is -4.49. The van der Waals surface area contributed by atoms with Crippen molar-refractivity contribution in [2.75, 3.05) is 36.8 Å². The quantitative estimate of drug-likeness (QED) is 0.250. The predicted octanol–water partition coefficient (Wildman–Crippen LogP) is 5.53. The lowest BCUT2D eigenvalue weighted by Gasteiger charge is -2.29. The van der Waals surface area contributed by atoms with Gasteiger partial charge in [-0.25, -0.2) is 27.2 Å². The Morgan fingerprint density at radius 2 is 1.91 bits per heavy atom. The maximum Gasteiger partial charge on any atom is 0.303 e. The zero-order valence-electron chi connectivity index (χ0n) is 23.7. The van der Waals surface area contributed by atoms with Gasteiger partial charge in [0.15, 0.2) is 11.9 Å². The third-order valence-corrected chi connectivity index (χ3v) is 9.22. The summed E-state index contributed by atoms with van der Waals surface area (Å²) in [6, 6.07) is 9.49. The summed E-state index contributed by atoms with van der Waals surface area (Å²) in [6.07, 6.45) is 2.66. The van der Waals surface area contributed by atoms with E-state index < -0.39 is 45.0 Å². The van der Waals surface area contributed by atoms with E-state index in [1.54, 1.807) is 18.3 Å². The van der Waals surface area contributed by atoms with Gasteiger partial charge in [0, 0.05) is 35.1 Å². The van der Waals surface area contributed by atoms with Crippen LogP contribution >= 0.6 is 11.6 Å². The zero-order chi connectivity index (χ0) is 31.2. The number of hydrogen-bond donors (Lipinski definition) is 2. The second kappa shape index (κ2) is 11.8. The van der Waals surface area contributed by atoms with Crippen LogP contribution in [-0.2, 0) is 19.6 Å². The van der Waals surface area contributed by atoms with Gasteiger partial charge in [0.1, 0.15) is 23.1 Å². The van der Waals surface area contributed by atoms with Gasteiger partial charge in [0.05, 0.1) is 16.8 Å². The number of nitrogens with zero attached hydrogens (tertiary/aromatic N) is 3. The van der Waals surface area contributed by atoms with Crippen molar-refractivity contribution in [3.8, 4) is 16.9 Å². The molecule has 1 unspecified atom stereocenters. The lowest BCUT2D eigenvalue weighted by Crippen LogP contribution is -2.37. The first-order valence-electron chi connectivity index (χ1n) is 13.8. The number of piperidine rings is 1. The number of benzene rings is 3. The van der Waals surface area contributed by atoms with Gasteiger partial charge in [0.25, 0.3) is 10.0 Å². The number of carbonyl (C=O) groups is 1. The number of carbonyl (C=O) groups excluding carboxylic acids is 1. The van der Waals surface area contributed by atoms with Crippen molar-refractivity contribution in [1.29, 1.82) is 0 Å². The van der Waals surface area contributed by atoms with Crippen LogP contribution in [0.4, 0.5) is 20.4 Å². The highest BCUT2D eigenvalue weighted by Gasteiger charge is 2.34. The van der Waals surface area contributed by atoms with Crippen LogP contribution in [0.2, 0.25) is 5.02 Å². The maximum absolute atomic E-state index is 15.8. The molecular formula is C30H28ClF2N5O5S. The predicted molar refractivity (Wildman–Crippen MR) is 161 cm³/mol. The van der Waals surface area contributed by atoms with Gasteiger partial charge < -0.3 is 19.7 Å². The summed E-state index contributed by atoms with van der Waals surface area (Å²) in [5, 5.41) is 3.95. The standard InChI is InChI=1S/C30H28ClF2N5O5S/c1-16(39)43-25-15-42-29-21(25)12-19(31)13-26(29)44(40,41)37-24-6-4-22(32)27(28(24)33)17-3-5-23-18(11-17)14-34-30(36-23)35-20-7-9-38(2)10-8-20/h3-6,11-14,20,25,37H,7-10,15H2,1-2H3,(H,34,35,36). The van der Waals surface area contributed by atoms with Crippen LogP contribution in [0.15, 0.2) is 53.6 Å². The number of rotatable bonds is 7. The molecule has 0 aliphatic carbocycles. The van der Waals surface area contributed by atoms with E-state index in [-0.39, 0.29) is 39.4 Å². The number of ether oxygens (including phenoxy) is 2. The zero-order valence-corrected chi connectivity index (χ0v) is 25.3. The van der Waals surface area contributed by atoms with Crippen LogP contribution in [0.5, 0.6) is 5.75 Å². The normalized spacial score (nSPS) is 17.2. The van der Waals surface area contributed by atoms with E-state index in [0.717, 1.165) is 44.1 Å². The molecule has 2 aliphatic heterocycles. The first-order valence-corrected chi connectivity index (χ1v) is 15.7. The highest BCUT2D eigenvalue weighted by molar-refractivity contribution is 7.92. The van der Waals surface area contributed by atoms with Crippen molar-refractivity contribution < 1.29 is 31.5 Å². The molecule has 44 heavy (non-hydrogen) atoms. The van der Waals surface area contributed by atoms with E-state index in [4.69, 9.17) is 21.1 Å². The van der Waals surface area contributed by atoms with Gasteiger partial charge in [-0.1, -0.05) is 17.7 Å². The number of hydrogen-bond acceptors (Lipinski definition) is 9. The van der Waals surface area contributed by atoms with Gasteiger partial charge in [0.2, 0.25) is 5.95 Å². The second-order valence-corrected chi connectivity index (χ2v) is 12.9. The molecular weight excluding hydrogens is 616 g/mol. The number of anilines is 2. The lowest BCUT2D eigenvalue weighted by molar-refractivity contribution is -0.147. The third kappa shape index (κ3) is 5.99. The summed E-state index contributed by atoms with van der Waals surface area (Å²) < 4.78 is 70.7. The number of nitrogens with one attached hydrogen (secondary N) is 2. The average molecular weight is 644 g/mol. The molecule has 3 heterocycles. The molecule has 1 atom stereocenters. The topological polar surface area (TPSA) is 123 Å². The van der Waals surface area contributed by atoms with Gasteiger partial charge in [-0.05, 0) is 74.9 Å². The average Bonchev–Trinajstić information content (AvgIpc) is 3.36. The molecule has 4 aromatic rings. The Morgan fingerprint density at radius 1 is 1.14 bits per heavy atom. The number of likely N-dealkylation sites (tertiary alicyclic amines) is 1. The molecule has 6 rings (SSSR count). The number of aromatic nitrogens is 2. The second-order valence-electron chi connectivity index (χ2n) is 10.8. The molecule has 0 radical (unpaired) electrons. The van der Waals surface area contributed by atoms with E-state index in [1.165, 1.54) is 19.1 Å². The monoisotopic (exact) mass is 643 g/mol. The van der Waals surface area contributed by atoms with Crippen molar-refractivity contribution in [3.05, 3.63) is 70.9 Å². The molecule has 0 spiro atoms. The fourth-order valence-electron chi connectivity index (χ4n) is 5.42. The van der Waals surface area contributed by atoms with Crippen LogP contribution < -0.4 is 14.8 Å². The van der Waals surface area contributed by atoms with Gasteiger partial charge in [-0.15, -0.1) is 0 Å². The van der Waals surface area contributed by atoms with Crippen LogP contribution in [-0.4, -0.2) is 62.0 Å². The maximum atomic E-state index is 15.8. The number of esters is 1. The highest BCUT2D eigenvalue weighted by atomic mass is 35.5. The number of fused-ring (bicyclic) bond motifs is 2. The highest BCUT2D eigenvalue weighted by Crippen LogP contribution is 2.43. The smallest absolute Gasteiger partial charge is 0.303 e. The molecule has 0 saturated carbocycles. The Balaban J connectivity index is 1.28. The van der Waals surface area contributed by atoms with Crippen molar-refractivity contribution in [2.24, 2.45) is 0 Å². The Morgan fingerprint density at radius 3 is 2.66 bits per heavy atom. The SMILES string of the molecule is CC(=O)OC1COc2c1cc(Cl)cc2S(=O)(=O)Nc1ccc(F)c(-c2ccc3nc(NC4CCN(C)CC4)ncc3c2)c1F. The number of sulfonamides is 1. The third-order valence-electron chi connectivity index (χ3n) is 7.63. The van der Waals surface area contributed by atoms with Crippen LogP contribution in [0.1, 0.15) is 31.4 Å². The fraction of sp³-hybridized carbons (Fsp3) is 0.300. The minimum absolute atomic E-state index is 0.0372. The van der Waals surface area contributed by atoms with Crippen molar-refractivity contribution in [3.63, 3.8) is 0 Å². The molecule has 2 aliphatic rings. The minimum Gasteiger partial charge on any atom is -0.487 e. The van der Waals surface area contributed by atoms with Crippen LogP contribution in [0.3, 0.4) is 0 Å². The fourth-order valence-corrected chi connectivity index (χ4v) is 6.97. The molecule has 14 heteroatoms. The molecule has 1 aromatic heterocycles. The Kier molecular flexibility index (Phi) is 8.03. The van der Waals surface area contributed by atoms with E-state index in [9.17, 15) is 13.2 Å². The van der Waals surface area contributed by atoms with E-state index in [2.05, 4.69) is 32.0 Å². The first-order chi connectivity index (χ1) is 21.0. The van der Waals surface area contributed by atoms with Crippen molar-refractivity contribution in [1.82, 2.24) is 14.9 Å². The first kappa shape index (κ1) is 30.0. The van der Waals surface area contributed by atoms with E-state index in [1.807, 2.05) is 0 Å². The van der Waals surface area contributed by atoms with Crippen molar-refractivity contribution >= 4 is 50.1 Å². The molecule has 10 nitrogen and oxygen atoms in total. The Labute approximate surface area is 257 Å². The van der Waals surface area contributed by atoms with E-state index >= 15 is 8.78 Å². The van der Waals surface area contributed by atoms with Gasteiger partial charge in [-0.2, -0.15) is 0 Å². The van der Waals surface area contributed by atoms with Crippen molar-refractivity contribution in [2.45, 2.75) is 36.8 Å². The summed E-state index contributed by atoms with van der Waals surface area (Å²) >= 11 is 6.18. The Bertz CT molecular complexity index is 1890. The molecule has 0 amide bonds. The summed E-state index contributed by atoms with van der Waals surface area (Å²) in [7, 11) is -2.41. The largest absolute Gasteiger partial charge is 0.487 e. The van der Waals surface area contributed by atoms with Crippen LogP contribution in [0, 0.1) is 11.6 Å². The summed E-state index contributed by atoms with van der Waals surface area (Å²) in [4.78, 5) is 22.3. The Hall–Kier alpha value is -4.07. The number of halogens is 3. The molecule has 0 bridgehead atoms. The lowest BCUT2D eigenvalue weighted by atomic mass is 10.0.